The van der Waals surface area contributed by atoms with Crippen molar-refractivity contribution in [3.63, 3.8) is 0 Å². The lowest BCUT2D eigenvalue weighted by molar-refractivity contribution is -0.122. The first kappa shape index (κ1) is 15.2. The highest BCUT2D eigenvalue weighted by molar-refractivity contribution is 5.78. The average molecular weight is 259 g/mol. The van der Waals surface area contributed by atoms with Crippen molar-refractivity contribution in [3.8, 4) is 11.8 Å². The van der Waals surface area contributed by atoms with Crippen LogP contribution in [0.2, 0.25) is 0 Å². The van der Waals surface area contributed by atoms with E-state index in [4.69, 9.17) is 5.73 Å². The zero-order chi connectivity index (χ0) is 14.3. The number of benzene rings is 1. The molecule has 0 saturated carbocycles. The van der Waals surface area contributed by atoms with Crippen molar-refractivity contribution in [2.45, 2.75) is 13.0 Å². The zero-order valence-corrected chi connectivity index (χ0v) is 11.7. The summed E-state index contributed by atoms with van der Waals surface area (Å²) in [6.45, 7) is 2.72. The van der Waals surface area contributed by atoms with E-state index in [1.54, 1.807) is 0 Å². The van der Waals surface area contributed by atoms with Gasteiger partial charge in [0.1, 0.15) is 0 Å². The number of nitrogens with zero attached hydrogens (tertiary/aromatic N) is 1. The predicted octanol–water partition coefficient (Wildman–Crippen LogP) is 0.736. The van der Waals surface area contributed by atoms with Gasteiger partial charge < -0.3 is 16.0 Å². The fourth-order valence-corrected chi connectivity index (χ4v) is 1.67. The van der Waals surface area contributed by atoms with Crippen LogP contribution in [-0.4, -0.2) is 38.0 Å². The molecule has 4 heteroatoms. The summed E-state index contributed by atoms with van der Waals surface area (Å²) in [5.74, 6) is 5.80. The minimum absolute atomic E-state index is 0.0102. The molecule has 1 amide bonds. The van der Waals surface area contributed by atoms with Gasteiger partial charge in [-0.3, -0.25) is 4.79 Å². The van der Waals surface area contributed by atoms with E-state index in [-0.39, 0.29) is 11.9 Å². The number of rotatable bonds is 4. The summed E-state index contributed by atoms with van der Waals surface area (Å²) in [6.07, 6.45) is 0. The minimum atomic E-state index is -0.0102. The van der Waals surface area contributed by atoms with Gasteiger partial charge >= 0.3 is 0 Å². The molecule has 1 rings (SSSR count). The van der Waals surface area contributed by atoms with Crippen LogP contribution in [0.4, 0.5) is 0 Å². The summed E-state index contributed by atoms with van der Waals surface area (Å²) in [7, 11) is 3.74. The lowest BCUT2D eigenvalue weighted by Crippen LogP contribution is -2.34. The Hall–Kier alpha value is -1.83. The van der Waals surface area contributed by atoms with Crippen molar-refractivity contribution in [2.24, 2.45) is 5.73 Å². The largest absolute Gasteiger partial charge is 0.348 e. The number of hydrogen-bond acceptors (Lipinski definition) is 3. The van der Waals surface area contributed by atoms with Crippen LogP contribution in [0.25, 0.3) is 0 Å². The van der Waals surface area contributed by atoms with Gasteiger partial charge in [0.05, 0.1) is 19.1 Å². The average Bonchev–Trinajstić information content (AvgIpc) is 2.35. The molecule has 0 saturated heterocycles. The van der Waals surface area contributed by atoms with Gasteiger partial charge in [-0.2, -0.15) is 0 Å². The Balaban J connectivity index is 2.62. The molecular formula is C15H21N3O. The predicted molar refractivity (Wildman–Crippen MR) is 77.5 cm³/mol. The van der Waals surface area contributed by atoms with Gasteiger partial charge in [-0.1, -0.05) is 24.0 Å². The molecule has 0 heterocycles. The van der Waals surface area contributed by atoms with Crippen molar-refractivity contribution >= 4 is 5.91 Å². The van der Waals surface area contributed by atoms with E-state index in [1.807, 2.05) is 50.2 Å². The minimum Gasteiger partial charge on any atom is -0.348 e. The van der Waals surface area contributed by atoms with Crippen LogP contribution >= 0.6 is 0 Å². The molecule has 0 aliphatic rings. The lowest BCUT2D eigenvalue weighted by atomic mass is 10.1. The van der Waals surface area contributed by atoms with Crippen molar-refractivity contribution < 1.29 is 4.79 Å². The smallest absolute Gasteiger partial charge is 0.234 e. The van der Waals surface area contributed by atoms with Crippen molar-refractivity contribution in [1.29, 1.82) is 0 Å². The third-order valence-corrected chi connectivity index (χ3v) is 2.58. The Bertz CT molecular complexity index is 468. The van der Waals surface area contributed by atoms with E-state index in [1.165, 1.54) is 0 Å². The van der Waals surface area contributed by atoms with Gasteiger partial charge in [0.2, 0.25) is 5.91 Å². The molecule has 4 nitrogen and oxygen atoms in total. The quantitative estimate of drug-likeness (QED) is 0.784. The summed E-state index contributed by atoms with van der Waals surface area (Å²) >= 11 is 0. The van der Waals surface area contributed by atoms with Crippen LogP contribution in [0, 0.1) is 11.8 Å². The maximum absolute atomic E-state index is 11.7. The number of likely N-dealkylation sites (N-methyl/N-ethyl adjacent to an activating group) is 1. The van der Waals surface area contributed by atoms with E-state index in [0.29, 0.717) is 13.1 Å². The molecule has 1 aromatic carbocycles. The zero-order valence-electron chi connectivity index (χ0n) is 11.7. The second-order valence-electron chi connectivity index (χ2n) is 4.65. The molecule has 0 bridgehead atoms. The highest BCUT2D eigenvalue weighted by Crippen LogP contribution is 2.12. The molecule has 0 aliphatic heterocycles. The summed E-state index contributed by atoms with van der Waals surface area (Å²) in [5.41, 5.74) is 7.32. The summed E-state index contributed by atoms with van der Waals surface area (Å²) in [5, 5.41) is 2.95. The van der Waals surface area contributed by atoms with Crippen LogP contribution in [0.15, 0.2) is 24.3 Å². The second kappa shape index (κ2) is 7.57. The van der Waals surface area contributed by atoms with Crippen LogP contribution < -0.4 is 11.1 Å². The number of nitrogens with two attached hydrogens (primary N) is 1. The SMILES string of the molecule is CC(NC(=O)CN(C)C)c1ccc(C#CCN)cc1. The first-order valence-corrected chi connectivity index (χ1v) is 6.26. The lowest BCUT2D eigenvalue weighted by Gasteiger charge is -2.16. The van der Waals surface area contributed by atoms with Gasteiger partial charge in [0, 0.05) is 5.56 Å². The monoisotopic (exact) mass is 259 g/mol. The molecule has 0 spiro atoms. The summed E-state index contributed by atoms with van der Waals surface area (Å²) < 4.78 is 0. The molecule has 0 radical (unpaired) electrons. The van der Waals surface area contributed by atoms with Crippen LogP contribution in [0.1, 0.15) is 24.1 Å². The Morgan fingerprint density at radius 3 is 2.53 bits per heavy atom. The van der Waals surface area contributed by atoms with Gasteiger partial charge in [-0.15, -0.1) is 0 Å². The molecule has 19 heavy (non-hydrogen) atoms. The van der Waals surface area contributed by atoms with E-state index >= 15 is 0 Å². The van der Waals surface area contributed by atoms with Gasteiger partial charge in [0.25, 0.3) is 0 Å². The van der Waals surface area contributed by atoms with E-state index < -0.39 is 0 Å². The van der Waals surface area contributed by atoms with Crippen LogP contribution in [-0.2, 0) is 4.79 Å². The fraction of sp³-hybridized carbons (Fsp3) is 0.400. The normalized spacial score (nSPS) is 11.6. The Morgan fingerprint density at radius 2 is 2.00 bits per heavy atom. The number of amides is 1. The highest BCUT2D eigenvalue weighted by Gasteiger charge is 2.09. The van der Waals surface area contributed by atoms with Crippen molar-refractivity contribution in [3.05, 3.63) is 35.4 Å². The summed E-state index contributed by atoms with van der Waals surface area (Å²) in [6, 6.07) is 7.81. The van der Waals surface area contributed by atoms with E-state index in [9.17, 15) is 4.79 Å². The standard InChI is InChI=1S/C15H21N3O/c1-12(17-15(19)11-18(2)3)14-8-6-13(7-9-14)5-4-10-16/h6-9,12H,10-11,16H2,1-3H3,(H,17,19). The maximum Gasteiger partial charge on any atom is 0.234 e. The molecule has 1 unspecified atom stereocenters. The van der Waals surface area contributed by atoms with Crippen molar-refractivity contribution in [1.82, 2.24) is 10.2 Å². The second-order valence-corrected chi connectivity index (χ2v) is 4.65. The van der Waals surface area contributed by atoms with E-state index in [2.05, 4.69) is 17.2 Å². The molecule has 0 aliphatic carbocycles. The summed E-state index contributed by atoms with van der Waals surface area (Å²) in [4.78, 5) is 13.5. The molecule has 3 N–H and O–H groups in total. The molecule has 1 aromatic rings. The molecule has 0 fully saturated rings. The van der Waals surface area contributed by atoms with Crippen molar-refractivity contribution in [2.75, 3.05) is 27.2 Å². The first-order valence-electron chi connectivity index (χ1n) is 6.26. The third-order valence-electron chi connectivity index (χ3n) is 2.58. The topological polar surface area (TPSA) is 58.4 Å². The van der Waals surface area contributed by atoms with Gasteiger partial charge in [-0.05, 0) is 38.7 Å². The molecular weight excluding hydrogens is 238 g/mol. The van der Waals surface area contributed by atoms with Crippen LogP contribution in [0.5, 0.6) is 0 Å². The van der Waals surface area contributed by atoms with E-state index in [0.717, 1.165) is 11.1 Å². The molecule has 0 aromatic heterocycles. The molecule has 102 valence electrons. The Morgan fingerprint density at radius 1 is 1.37 bits per heavy atom. The Kier molecular flexibility index (Phi) is 6.07. The highest BCUT2D eigenvalue weighted by atomic mass is 16.2. The number of carbonyl (C=O) groups is 1. The Labute approximate surface area is 115 Å². The number of hydrogen-bond donors (Lipinski definition) is 2. The van der Waals surface area contributed by atoms with Gasteiger partial charge in [-0.25, -0.2) is 0 Å². The maximum atomic E-state index is 11.7. The first-order chi connectivity index (χ1) is 9.02. The number of carbonyl (C=O) groups excluding carboxylic acids is 1. The third kappa shape index (κ3) is 5.56. The number of nitrogens with one attached hydrogen (secondary N) is 1. The van der Waals surface area contributed by atoms with Gasteiger partial charge in [0.15, 0.2) is 0 Å². The fourth-order valence-electron chi connectivity index (χ4n) is 1.67. The molecule has 1 atom stereocenters. The van der Waals surface area contributed by atoms with Crippen LogP contribution in [0.3, 0.4) is 0 Å².